The van der Waals surface area contributed by atoms with Gasteiger partial charge in [0.15, 0.2) is 0 Å². The summed E-state index contributed by atoms with van der Waals surface area (Å²) in [5, 5.41) is 0. The van der Waals surface area contributed by atoms with Crippen LogP contribution >= 0.6 is 0 Å². The Morgan fingerprint density at radius 1 is 1.13 bits per heavy atom. The molecule has 0 radical (unpaired) electrons. The lowest BCUT2D eigenvalue weighted by Gasteiger charge is -2.34. The maximum atomic E-state index is 12.0. The fraction of sp³-hybridized carbons (Fsp3) is 0.880. The summed E-state index contributed by atoms with van der Waals surface area (Å²) in [5.41, 5.74) is -0.458. The first kappa shape index (κ1) is 25.4. The van der Waals surface area contributed by atoms with Crippen LogP contribution in [0.5, 0.6) is 0 Å². The van der Waals surface area contributed by atoms with Crippen LogP contribution in [0, 0.1) is 23.2 Å². The zero-order chi connectivity index (χ0) is 22.5. The van der Waals surface area contributed by atoms with Crippen LogP contribution in [0.2, 0.25) is 0 Å². The molecule has 2 heterocycles. The molecule has 30 heavy (non-hydrogen) atoms. The zero-order valence-electron chi connectivity index (χ0n) is 20.4. The molecule has 0 spiro atoms. The molecule has 0 aromatic carbocycles. The van der Waals surface area contributed by atoms with Crippen LogP contribution < -0.4 is 0 Å². The van der Waals surface area contributed by atoms with Gasteiger partial charge in [0.25, 0.3) is 0 Å². The molecule has 0 N–H and O–H groups in total. The van der Waals surface area contributed by atoms with E-state index in [4.69, 9.17) is 18.9 Å². The molecule has 2 aliphatic heterocycles. The molecule has 2 fully saturated rings. The molecule has 0 bridgehead atoms. The minimum absolute atomic E-state index is 0.123. The largest absolute Gasteiger partial charge is 0.465 e. The van der Waals surface area contributed by atoms with Crippen molar-refractivity contribution in [2.45, 2.75) is 105 Å². The topological polar surface area (TPSA) is 54.0 Å². The van der Waals surface area contributed by atoms with Gasteiger partial charge in [-0.3, -0.25) is 4.79 Å². The summed E-state index contributed by atoms with van der Waals surface area (Å²) in [6, 6.07) is 0. The van der Waals surface area contributed by atoms with E-state index in [9.17, 15) is 4.79 Å². The Morgan fingerprint density at radius 2 is 1.83 bits per heavy atom. The Kier molecular flexibility index (Phi) is 9.38. The van der Waals surface area contributed by atoms with Gasteiger partial charge in [0.2, 0.25) is 0 Å². The molecular formula is C25H44O5. The summed E-state index contributed by atoms with van der Waals surface area (Å²) in [5.74, 6) is 1.19. The van der Waals surface area contributed by atoms with E-state index < -0.39 is 5.41 Å². The third-order valence-electron chi connectivity index (χ3n) is 6.68. The average Bonchev–Trinajstić information content (AvgIpc) is 3.08. The summed E-state index contributed by atoms with van der Waals surface area (Å²) in [4.78, 5) is 12.0. The van der Waals surface area contributed by atoms with Gasteiger partial charge in [-0.2, -0.15) is 0 Å². The Labute approximate surface area is 183 Å². The van der Waals surface area contributed by atoms with Gasteiger partial charge < -0.3 is 18.9 Å². The van der Waals surface area contributed by atoms with E-state index in [1.165, 1.54) is 0 Å². The number of ether oxygens (including phenoxy) is 4. The van der Waals surface area contributed by atoms with Crippen molar-refractivity contribution < 1.29 is 23.7 Å². The third kappa shape index (κ3) is 7.06. The second kappa shape index (κ2) is 11.1. The summed E-state index contributed by atoms with van der Waals surface area (Å²) in [6.45, 7) is 14.9. The number of carbonyl (C=O) groups excluding carboxylic acids is 1. The van der Waals surface area contributed by atoms with Crippen molar-refractivity contribution in [2.24, 2.45) is 23.2 Å². The standard InChI is InChI=1S/C25H44O5/c1-16-9-11-20(29-21(16)13-14-28-24(26)25(5,6)7)12-10-17(2)23-18(3)15-22(30-23)19(4)27-8/h10,12,16-23H,9,11,13-15H2,1-8H3/b12-10+/t16-,17+,18+,19+,20+,21+,22-,23+/m1/s1. The summed E-state index contributed by atoms with van der Waals surface area (Å²) >= 11 is 0. The van der Waals surface area contributed by atoms with Crippen LogP contribution in [-0.4, -0.2) is 50.2 Å². The van der Waals surface area contributed by atoms with E-state index in [2.05, 4.69) is 39.8 Å². The van der Waals surface area contributed by atoms with Crippen LogP contribution in [0.3, 0.4) is 0 Å². The lowest BCUT2D eigenvalue weighted by atomic mass is 9.89. The lowest BCUT2D eigenvalue weighted by molar-refractivity contribution is -0.154. The molecule has 174 valence electrons. The van der Waals surface area contributed by atoms with Crippen molar-refractivity contribution >= 4 is 5.97 Å². The summed E-state index contributed by atoms with van der Waals surface area (Å²) < 4.78 is 23.6. The van der Waals surface area contributed by atoms with Crippen molar-refractivity contribution in [1.29, 1.82) is 0 Å². The molecule has 5 heteroatoms. The second-order valence-electron chi connectivity index (χ2n) is 10.5. The third-order valence-corrected chi connectivity index (χ3v) is 6.68. The van der Waals surface area contributed by atoms with Gasteiger partial charge in [-0.15, -0.1) is 0 Å². The molecular weight excluding hydrogens is 380 g/mol. The zero-order valence-corrected chi connectivity index (χ0v) is 20.4. The van der Waals surface area contributed by atoms with Gasteiger partial charge in [-0.05, 0) is 58.8 Å². The fourth-order valence-corrected chi connectivity index (χ4v) is 4.42. The molecule has 2 aliphatic rings. The van der Waals surface area contributed by atoms with Gasteiger partial charge in [-0.1, -0.05) is 32.9 Å². The van der Waals surface area contributed by atoms with Crippen molar-refractivity contribution in [2.75, 3.05) is 13.7 Å². The molecule has 0 aliphatic carbocycles. The van der Waals surface area contributed by atoms with Crippen LogP contribution in [0.1, 0.15) is 74.1 Å². The average molecular weight is 425 g/mol. The van der Waals surface area contributed by atoms with Gasteiger partial charge in [-0.25, -0.2) is 0 Å². The van der Waals surface area contributed by atoms with E-state index in [1.54, 1.807) is 7.11 Å². The predicted octanol–water partition coefficient (Wildman–Crippen LogP) is 5.17. The number of rotatable bonds is 8. The minimum atomic E-state index is -0.458. The first-order valence-electron chi connectivity index (χ1n) is 11.7. The van der Waals surface area contributed by atoms with E-state index in [-0.39, 0.29) is 36.5 Å². The number of methoxy groups -OCH3 is 1. The van der Waals surface area contributed by atoms with E-state index in [0.29, 0.717) is 24.4 Å². The smallest absolute Gasteiger partial charge is 0.311 e. The van der Waals surface area contributed by atoms with Gasteiger partial charge in [0, 0.05) is 19.4 Å². The molecule has 0 amide bonds. The summed E-state index contributed by atoms with van der Waals surface area (Å²) in [6.07, 6.45) is 9.22. The van der Waals surface area contributed by atoms with Crippen molar-refractivity contribution in [3.63, 3.8) is 0 Å². The van der Waals surface area contributed by atoms with Crippen molar-refractivity contribution in [1.82, 2.24) is 0 Å². The highest BCUT2D eigenvalue weighted by molar-refractivity contribution is 5.75. The van der Waals surface area contributed by atoms with E-state index in [0.717, 1.165) is 25.7 Å². The van der Waals surface area contributed by atoms with Crippen LogP contribution in [0.15, 0.2) is 12.2 Å². The number of hydrogen-bond donors (Lipinski definition) is 0. The molecule has 0 aromatic heterocycles. The molecule has 2 rings (SSSR count). The molecule has 0 aromatic rings. The van der Waals surface area contributed by atoms with E-state index in [1.807, 2.05) is 20.8 Å². The first-order valence-corrected chi connectivity index (χ1v) is 11.7. The maximum Gasteiger partial charge on any atom is 0.311 e. The highest BCUT2D eigenvalue weighted by atomic mass is 16.5. The van der Waals surface area contributed by atoms with E-state index >= 15 is 0 Å². The molecule has 0 unspecified atom stereocenters. The highest BCUT2D eigenvalue weighted by Gasteiger charge is 2.37. The quantitative estimate of drug-likeness (QED) is 0.397. The van der Waals surface area contributed by atoms with Crippen LogP contribution in [0.4, 0.5) is 0 Å². The highest BCUT2D eigenvalue weighted by Crippen LogP contribution is 2.34. The van der Waals surface area contributed by atoms with Crippen LogP contribution in [0.25, 0.3) is 0 Å². The van der Waals surface area contributed by atoms with Gasteiger partial charge in [0.05, 0.1) is 42.5 Å². The van der Waals surface area contributed by atoms with Gasteiger partial charge >= 0.3 is 5.97 Å². The number of hydrogen-bond acceptors (Lipinski definition) is 5. The maximum absolute atomic E-state index is 12.0. The lowest BCUT2D eigenvalue weighted by Crippen LogP contribution is -2.34. The Balaban J connectivity index is 1.83. The van der Waals surface area contributed by atoms with Crippen LogP contribution in [-0.2, 0) is 23.7 Å². The van der Waals surface area contributed by atoms with Crippen molar-refractivity contribution in [3.05, 3.63) is 12.2 Å². The number of carbonyl (C=O) groups is 1. The predicted molar refractivity (Wildman–Crippen MR) is 119 cm³/mol. The monoisotopic (exact) mass is 424 g/mol. The molecule has 0 saturated carbocycles. The fourth-order valence-electron chi connectivity index (χ4n) is 4.42. The Morgan fingerprint density at radius 3 is 2.47 bits per heavy atom. The van der Waals surface area contributed by atoms with Gasteiger partial charge in [0.1, 0.15) is 0 Å². The molecule has 2 saturated heterocycles. The Bertz CT molecular complexity index is 566. The molecule has 8 atom stereocenters. The number of esters is 1. The minimum Gasteiger partial charge on any atom is -0.465 e. The first-order chi connectivity index (χ1) is 14.0. The molecule has 5 nitrogen and oxygen atoms in total. The normalized spacial score (nSPS) is 34.8. The SMILES string of the molecule is CO[C@@H](C)[C@H]1C[C@H](C)[C@H]([C@@H](C)/C=C/[C@@H]2CC[C@@H](C)[C@H](CCOC(=O)C(C)(C)C)O2)O1. The Hall–Kier alpha value is -0.910. The van der Waals surface area contributed by atoms with Crippen molar-refractivity contribution in [3.8, 4) is 0 Å². The summed E-state index contributed by atoms with van der Waals surface area (Å²) in [7, 11) is 1.75. The second-order valence-corrected chi connectivity index (χ2v) is 10.5.